The van der Waals surface area contributed by atoms with Gasteiger partial charge in [-0.1, -0.05) is 124 Å². The van der Waals surface area contributed by atoms with Gasteiger partial charge in [0.1, 0.15) is 51.7 Å². The first-order chi connectivity index (χ1) is 58.3. The summed E-state index contributed by atoms with van der Waals surface area (Å²) in [7, 11) is 1.52. The van der Waals surface area contributed by atoms with Crippen LogP contribution in [0.3, 0.4) is 0 Å². The lowest BCUT2D eigenvalue weighted by atomic mass is 9.84. The second-order valence-corrected chi connectivity index (χ2v) is 30.1. The molecule has 21 heteroatoms. The largest absolute Gasteiger partial charge is 0.494 e. The van der Waals surface area contributed by atoms with Gasteiger partial charge in [0.15, 0.2) is 11.5 Å². The quantitative estimate of drug-likeness (QED) is 0.0114. The van der Waals surface area contributed by atoms with Crippen molar-refractivity contribution in [3.63, 3.8) is 0 Å². The molecule has 0 bridgehead atoms. The maximum absolute atomic E-state index is 13.9. The Labute approximate surface area is 693 Å². The van der Waals surface area contributed by atoms with Gasteiger partial charge < -0.3 is 61.6 Å². The Morgan fingerprint density at radius 2 is 0.681 bits per heavy atom. The third-order valence-electron chi connectivity index (χ3n) is 21.7. The molecule has 2 saturated heterocycles. The van der Waals surface area contributed by atoms with Gasteiger partial charge in [0.25, 0.3) is 0 Å². The highest BCUT2D eigenvalue weighted by molar-refractivity contribution is 6.25. The smallest absolute Gasteiger partial charge is 0.343 e. The Morgan fingerprint density at radius 3 is 1.07 bits per heavy atom. The van der Waals surface area contributed by atoms with Crippen molar-refractivity contribution in [2.45, 2.75) is 97.8 Å². The van der Waals surface area contributed by atoms with E-state index >= 15 is 0 Å². The number of ether oxygens (including phenoxy) is 13. The Morgan fingerprint density at radius 1 is 0.345 bits per heavy atom. The molecule has 10 aromatic rings. The highest BCUT2D eigenvalue weighted by atomic mass is 16.6. The zero-order chi connectivity index (χ0) is 82.2. The Balaban J connectivity index is 0.549. The summed E-state index contributed by atoms with van der Waals surface area (Å²) in [5.41, 5.74) is 12.2. The average molecular weight is 1600 g/mol. The van der Waals surface area contributed by atoms with Crippen LogP contribution in [0.2, 0.25) is 0 Å². The van der Waals surface area contributed by atoms with Crippen LogP contribution in [0.25, 0.3) is 22.3 Å². The second kappa shape index (κ2) is 40.6. The molecule has 0 amide bonds. The van der Waals surface area contributed by atoms with Crippen LogP contribution in [0.15, 0.2) is 239 Å². The molecule has 0 spiro atoms. The van der Waals surface area contributed by atoms with Gasteiger partial charge >= 0.3 is 23.9 Å². The summed E-state index contributed by atoms with van der Waals surface area (Å²) in [5.74, 6) is 0.838. The number of esters is 4. The predicted octanol–water partition coefficient (Wildman–Crippen LogP) is 19.6. The standard InChI is InChI=1S/C98H98N4O17/c1-5-97(63-110-64-97)61-108-49-19-7-9-21-53-114-86-45-37-70(55-67(86)3)95(105)118-87-47-43-76(56-72(87)59-99-101-91-82-29-15-11-25-78(82)79-26-12-16-30-83(79)91)116-93(103)68-33-39-74(40-34-68)112-51-23-24-52-113-75-41-35-69(36-42-75)94(104)117-77-44-48-88(73(57-77)60-100-102-92-84-31-17-13-27-80(84)81-28-14-18-32-85(81)92)119-96(106)71-38-46-89(90(58-71)107-4)115-54-22-10-8-20-50-109-62-98(6-2)65-111-66-98/h11-18,25-48,55-60H,5-10,19-24,49-54,61-66H2,1-4H3/b99-59+,100-60+. The minimum Gasteiger partial charge on any atom is -0.494 e. The lowest BCUT2D eigenvalue weighted by Gasteiger charge is -2.40. The third kappa shape index (κ3) is 21.3. The molecule has 10 aromatic carbocycles. The number of fused-ring (bicyclic) bond motifs is 6. The van der Waals surface area contributed by atoms with Crippen LogP contribution in [0, 0.1) is 17.8 Å². The number of hydrogen-bond acceptors (Lipinski definition) is 21. The fourth-order valence-corrected chi connectivity index (χ4v) is 14.4. The molecule has 0 N–H and O–H groups in total. The number of nitrogens with zero attached hydrogens (tertiary/aromatic N) is 4. The molecule has 2 aliphatic carbocycles. The number of carbonyl (C=O) groups excluding carboxylic acids is 4. The molecule has 0 unspecified atom stereocenters. The molecule has 14 rings (SSSR count). The van der Waals surface area contributed by atoms with Crippen molar-refractivity contribution in [3.8, 4) is 74.0 Å². The minimum absolute atomic E-state index is 0.141. The van der Waals surface area contributed by atoms with Crippen LogP contribution >= 0.6 is 0 Å². The number of benzene rings is 10. The molecule has 0 atom stereocenters. The maximum atomic E-state index is 13.9. The maximum Gasteiger partial charge on any atom is 0.343 e. The molecule has 2 aliphatic heterocycles. The topological polar surface area (TPSA) is 238 Å². The first-order valence-electron chi connectivity index (χ1n) is 40.9. The van der Waals surface area contributed by atoms with E-state index in [9.17, 15) is 19.2 Å². The zero-order valence-corrected chi connectivity index (χ0v) is 67.6. The Bertz CT molecular complexity index is 5230. The van der Waals surface area contributed by atoms with Crippen LogP contribution in [0.1, 0.15) is 171 Å². The summed E-state index contributed by atoms with van der Waals surface area (Å²) in [6.07, 6.45) is 14.2. The van der Waals surface area contributed by atoms with Crippen LogP contribution < -0.4 is 42.6 Å². The monoisotopic (exact) mass is 1600 g/mol. The number of aryl methyl sites for hydroxylation is 1. The molecule has 119 heavy (non-hydrogen) atoms. The van der Waals surface area contributed by atoms with Gasteiger partial charge in [-0.3, -0.25) is 0 Å². The summed E-state index contributed by atoms with van der Waals surface area (Å²) < 4.78 is 76.6. The summed E-state index contributed by atoms with van der Waals surface area (Å²) in [4.78, 5) is 55.3. The van der Waals surface area contributed by atoms with Crippen molar-refractivity contribution in [1.82, 2.24) is 0 Å². The van der Waals surface area contributed by atoms with E-state index in [2.05, 4.69) is 41.3 Å². The molecule has 0 saturated carbocycles. The Kier molecular flexibility index (Phi) is 28.4. The van der Waals surface area contributed by atoms with Crippen molar-refractivity contribution < 1.29 is 80.8 Å². The number of rotatable bonds is 42. The number of carbonyl (C=O) groups is 4. The van der Waals surface area contributed by atoms with E-state index in [4.69, 9.17) is 66.7 Å². The van der Waals surface area contributed by atoms with Crippen LogP contribution in [-0.4, -0.2) is 134 Å². The summed E-state index contributed by atoms with van der Waals surface area (Å²) >= 11 is 0. The van der Waals surface area contributed by atoms with Crippen LogP contribution in [-0.2, 0) is 18.9 Å². The second-order valence-electron chi connectivity index (χ2n) is 30.1. The van der Waals surface area contributed by atoms with Crippen molar-refractivity contribution in [3.05, 3.63) is 280 Å². The van der Waals surface area contributed by atoms with Gasteiger partial charge in [0.2, 0.25) is 0 Å². The van der Waals surface area contributed by atoms with Gasteiger partial charge in [-0.05, 0) is 220 Å². The molecule has 0 radical (unpaired) electrons. The van der Waals surface area contributed by atoms with Crippen LogP contribution in [0.5, 0.6) is 51.7 Å². The highest BCUT2D eigenvalue weighted by Crippen LogP contribution is 2.40. The Hall–Kier alpha value is -12.4. The SMILES string of the molecule is CCC1(COCCCCCCOc2ccc(C(=O)Oc3ccc(OC(=O)c4ccc(OCCCCOc5ccc(C(=O)Oc6ccc(OC(=O)c7ccc(OCCCCCCOCC8(CC)COC8)c(OC)c7)c(/C=N/N=C7c8ccccc8-c8ccccc87)c6)cc5)cc4)cc3/C=N/N=C3c4ccccc4-c4ccccc43)cc2C)COC1. The molecular weight excluding hydrogens is 1510 g/mol. The molecule has 0 aromatic heterocycles. The predicted molar refractivity (Wildman–Crippen MR) is 457 cm³/mol. The molecular formula is C98H98N4O17. The van der Waals surface area contributed by atoms with Crippen molar-refractivity contribution in [2.75, 3.05) is 86.4 Å². The average Bonchev–Trinajstić information content (AvgIpc) is 1.62. The highest BCUT2D eigenvalue weighted by Gasteiger charge is 2.38. The fraction of sp³-hybridized carbons (Fsp3) is 0.306. The normalized spacial score (nSPS) is 13.7. The van der Waals surface area contributed by atoms with Gasteiger partial charge in [-0.25, -0.2) is 19.2 Å². The van der Waals surface area contributed by atoms with E-state index in [1.54, 1.807) is 115 Å². The van der Waals surface area contributed by atoms with E-state index in [-0.39, 0.29) is 50.5 Å². The van der Waals surface area contributed by atoms with Gasteiger partial charge in [0, 0.05) is 57.4 Å². The zero-order valence-electron chi connectivity index (χ0n) is 67.6. The first kappa shape index (κ1) is 83.1. The van der Waals surface area contributed by atoms with E-state index < -0.39 is 23.9 Å². The van der Waals surface area contributed by atoms with Crippen molar-refractivity contribution >= 4 is 47.7 Å². The van der Waals surface area contributed by atoms with Crippen molar-refractivity contribution in [2.24, 2.45) is 31.2 Å². The fourth-order valence-electron chi connectivity index (χ4n) is 14.4. The lowest BCUT2D eigenvalue weighted by molar-refractivity contribution is -0.150. The van der Waals surface area contributed by atoms with E-state index in [1.807, 2.05) is 91.9 Å². The third-order valence-corrected chi connectivity index (χ3v) is 21.7. The summed E-state index contributed by atoms with van der Waals surface area (Å²) in [6, 6.07) is 64.7. The lowest BCUT2D eigenvalue weighted by Crippen LogP contribution is -2.45. The minimum atomic E-state index is -0.666. The first-order valence-corrected chi connectivity index (χ1v) is 40.9. The molecule has 612 valence electrons. The van der Waals surface area contributed by atoms with Gasteiger partial charge in [-0.2, -0.15) is 10.2 Å². The van der Waals surface area contributed by atoms with E-state index in [0.717, 1.165) is 167 Å². The van der Waals surface area contributed by atoms with E-state index in [0.29, 0.717) is 96.1 Å². The van der Waals surface area contributed by atoms with E-state index in [1.165, 1.54) is 25.6 Å². The van der Waals surface area contributed by atoms with Crippen LogP contribution in [0.4, 0.5) is 0 Å². The van der Waals surface area contributed by atoms with Crippen molar-refractivity contribution in [1.29, 1.82) is 0 Å². The molecule has 4 aliphatic rings. The van der Waals surface area contributed by atoms with Gasteiger partial charge in [0.05, 0.1) is 108 Å². The number of unbranched alkanes of at least 4 members (excludes halogenated alkanes) is 7. The molecule has 2 fully saturated rings. The summed E-state index contributed by atoms with van der Waals surface area (Å²) in [5, 5.41) is 18.4. The number of methoxy groups -OCH3 is 1. The molecule has 21 nitrogen and oxygen atoms in total. The number of hydrogen-bond donors (Lipinski definition) is 0. The summed E-state index contributed by atoms with van der Waals surface area (Å²) in [6.45, 7) is 14.2. The van der Waals surface area contributed by atoms with Gasteiger partial charge in [-0.15, -0.1) is 10.2 Å². The molecule has 2 heterocycles.